The number of halogens is 1. The number of nitrogens with zero attached hydrogens (tertiary/aromatic N) is 3. The Hall–Kier alpha value is -2.08. The van der Waals surface area contributed by atoms with Crippen molar-refractivity contribution in [1.82, 2.24) is 15.0 Å². The van der Waals surface area contributed by atoms with Gasteiger partial charge in [-0.1, -0.05) is 16.8 Å². The first-order valence-corrected chi connectivity index (χ1v) is 5.41. The van der Waals surface area contributed by atoms with Crippen LogP contribution >= 0.6 is 11.6 Å². The molecule has 0 aliphatic rings. The van der Waals surface area contributed by atoms with Crippen LogP contribution in [0.1, 0.15) is 16.1 Å². The zero-order valence-corrected chi connectivity index (χ0v) is 10.5. The number of carboxylic acid groups (broad SMARTS) is 1. The zero-order valence-electron chi connectivity index (χ0n) is 9.72. The number of carboxylic acids is 1. The molecule has 0 radical (unpaired) electrons. The Bertz CT molecular complexity index is 610. The predicted molar refractivity (Wildman–Crippen MR) is 64.6 cm³/mol. The van der Waals surface area contributed by atoms with Crippen molar-refractivity contribution in [3.05, 3.63) is 34.6 Å². The summed E-state index contributed by atoms with van der Waals surface area (Å²) in [7, 11) is 1.47. The molecular weight excluding hydrogens is 258 g/mol. The van der Waals surface area contributed by atoms with Crippen molar-refractivity contribution in [3.63, 3.8) is 0 Å². The van der Waals surface area contributed by atoms with E-state index in [1.54, 1.807) is 12.1 Å². The summed E-state index contributed by atoms with van der Waals surface area (Å²) in [4.78, 5) is 11.0. The van der Waals surface area contributed by atoms with Crippen LogP contribution in [-0.2, 0) is 0 Å². The smallest absolute Gasteiger partial charge is 0.356 e. The number of benzene rings is 1. The second kappa shape index (κ2) is 4.66. The maximum atomic E-state index is 11.0. The minimum Gasteiger partial charge on any atom is -0.494 e. The molecule has 7 heteroatoms. The fraction of sp³-hybridized carbons (Fsp3) is 0.182. The molecule has 6 nitrogen and oxygen atoms in total. The van der Waals surface area contributed by atoms with Gasteiger partial charge in [-0.05, 0) is 18.6 Å². The molecule has 1 aromatic heterocycles. The number of aromatic nitrogens is 3. The van der Waals surface area contributed by atoms with Crippen molar-refractivity contribution < 1.29 is 14.6 Å². The summed E-state index contributed by atoms with van der Waals surface area (Å²) in [6, 6.07) is 3.31. The Labute approximate surface area is 108 Å². The third kappa shape index (κ3) is 2.02. The van der Waals surface area contributed by atoms with Crippen LogP contribution in [0.25, 0.3) is 5.69 Å². The van der Waals surface area contributed by atoms with Crippen LogP contribution in [0.3, 0.4) is 0 Å². The van der Waals surface area contributed by atoms with Gasteiger partial charge in [-0.3, -0.25) is 0 Å². The number of hydrogen-bond donors (Lipinski definition) is 1. The van der Waals surface area contributed by atoms with E-state index in [9.17, 15) is 4.79 Å². The van der Waals surface area contributed by atoms with Crippen LogP contribution in [-0.4, -0.2) is 33.2 Å². The number of ether oxygens (including phenoxy) is 1. The van der Waals surface area contributed by atoms with Gasteiger partial charge in [0.05, 0.1) is 13.3 Å². The Morgan fingerprint density at radius 3 is 2.83 bits per heavy atom. The van der Waals surface area contributed by atoms with Crippen molar-refractivity contribution in [2.75, 3.05) is 7.11 Å². The van der Waals surface area contributed by atoms with Gasteiger partial charge >= 0.3 is 5.97 Å². The zero-order chi connectivity index (χ0) is 13.3. The lowest BCUT2D eigenvalue weighted by molar-refractivity contribution is 0.0687. The van der Waals surface area contributed by atoms with E-state index in [4.69, 9.17) is 21.4 Å². The van der Waals surface area contributed by atoms with Crippen LogP contribution in [0.2, 0.25) is 5.02 Å². The third-order valence-electron chi connectivity index (χ3n) is 2.46. The van der Waals surface area contributed by atoms with Crippen molar-refractivity contribution in [3.8, 4) is 11.4 Å². The van der Waals surface area contributed by atoms with E-state index in [1.807, 2.05) is 6.92 Å². The summed E-state index contributed by atoms with van der Waals surface area (Å²) in [5.74, 6) is -0.687. The predicted octanol–water partition coefficient (Wildman–Crippen LogP) is 1.94. The fourth-order valence-electron chi connectivity index (χ4n) is 1.54. The van der Waals surface area contributed by atoms with E-state index in [0.717, 1.165) is 5.56 Å². The Morgan fingerprint density at radius 2 is 2.22 bits per heavy atom. The number of aromatic carboxylic acids is 1. The number of carbonyl (C=O) groups is 1. The second-order valence-corrected chi connectivity index (χ2v) is 4.02. The van der Waals surface area contributed by atoms with Gasteiger partial charge in [-0.15, -0.1) is 5.10 Å². The molecule has 0 aliphatic carbocycles. The minimum atomic E-state index is -1.12. The van der Waals surface area contributed by atoms with Gasteiger partial charge in [0.25, 0.3) is 0 Å². The third-order valence-corrected chi connectivity index (χ3v) is 2.86. The molecule has 0 saturated heterocycles. The van der Waals surface area contributed by atoms with E-state index >= 15 is 0 Å². The van der Waals surface area contributed by atoms with Gasteiger partial charge in [-0.25, -0.2) is 9.48 Å². The molecule has 0 unspecified atom stereocenters. The lowest BCUT2D eigenvalue weighted by atomic mass is 10.2. The van der Waals surface area contributed by atoms with E-state index in [1.165, 1.54) is 18.0 Å². The summed E-state index contributed by atoms with van der Waals surface area (Å²) in [5, 5.41) is 16.9. The molecular formula is C11H10ClN3O3. The maximum Gasteiger partial charge on any atom is 0.356 e. The van der Waals surface area contributed by atoms with E-state index < -0.39 is 5.97 Å². The molecule has 94 valence electrons. The monoisotopic (exact) mass is 267 g/mol. The number of methoxy groups -OCH3 is 1. The average Bonchev–Trinajstić information content (AvgIpc) is 2.81. The van der Waals surface area contributed by atoms with Crippen LogP contribution in [0, 0.1) is 6.92 Å². The molecule has 0 atom stereocenters. The summed E-state index contributed by atoms with van der Waals surface area (Å²) < 4.78 is 6.37. The molecule has 0 bridgehead atoms. The molecule has 0 spiro atoms. The number of rotatable bonds is 3. The van der Waals surface area contributed by atoms with Gasteiger partial charge in [0.1, 0.15) is 11.4 Å². The van der Waals surface area contributed by atoms with E-state index in [-0.39, 0.29) is 5.69 Å². The standard InChI is InChI=1S/C11H10ClN3O3/c1-6-3-8(10(18-2)4-7(6)12)15-9(11(16)17)5-13-14-15/h3-5H,1-2H3,(H,16,17). The van der Waals surface area contributed by atoms with Crippen molar-refractivity contribution in [2.24, 2.45) is 0 Å². The first-order valence-electron chi connectivity index (χ1n) is 5.03. The second-order valence-electron chi connectivity index (χ2n) is 3.61. The van der Waals surface area contributed by atoms with Crippen molar-refractivity contribution in [2.45, 2.75) is 6.92 Å². The van der Waals surface area contributed by atoms with Gasteiger partial charge in [-0.2, -0.15) is 0 Å². The van der Waals surface area contributed by atoms with Crippen LogP contribution in [0.15, 0.2) is 18.3 Å². The van der Waals surface area contributed by atoms with E-state index in [2.05, 4.69) is 10.3 Å². The first-order chi connectivity index (χ1) is 8.54. The van der Waals surface area contributed by atoms with Gasteiger partial charge in [0, 0.05) is 11.1 Å². The highest BCUT2D eigenvalue weighted by Gasteiger charge is 2.17. The molecule has 18 heavy (non-hydrogen) atoms. The van der Waals surface area contributed by atoms with Crippen LogP contribution in [0.4, 0.5) is 0 Å². The van der Waals surface area contributed by atoms with Crippen molar-refractivity contribution >= 4 is 17.6 Å². The SMILES string of the molecule is COc1cc(Cl)c(C)cc1-n1nncc1C(=O)O. The quantitative estimate of drug-likeness (QED) is 0.919. The maximum absolute atomic E-state index is 11.0. The fourth-order valence-corrected chi connectivity index (χ4v) is 1.69. The summed E-state index contributed by atoms with van der Waals surface area (Å²) in [6.07, 6.45) is 1.17. The van der Waals surface area contributed by atoms with Crippen LogP contribution in [0.5, 0.6) is 5.75 Å². The highest BCUT2D eigenvalue weighted by molar-refractivity contribution is 6.31. The molecule has 1 N–H and O–H groups in total. The number of aryl methyl sites for hydroxylation is 1. The highest BCUT2D eigenvalue weighted by atomic mass is 35.5. The molecule has 0 saturated carbocycles. The average molecular weight is 268 g/mol. The summed E-state index contributed by atoms with van der Waals surface area (Å²) in [5.41, 5.74) is 1.23. The normalized spacial score (nSPS) is 10.4. The topological polar surface area (TPSA) is 77.2 Å². The van der Waals surface area contributed by atoms with E-state index in [0.29, 0.717) is 16.5 Å². The van der Waals surface area contributed by atoms with Gasteiger partial charge in [0.2, 0.25) is 0 Å². The van der Waals surface area contributed by atoms with Gasteiger partial charge in [0.15, 0.2) is 5.69 Å². The Morgan fingerprint density at radius 1 is 1.50 bits per heavy atom. The molecule has 2 aromatic rings. The summed E-state index contributed by atoms with van der Waals surface area (Å²) >= 11 is 5.99. The largest absolute Gasteiger partial charge is 0.494 e. The molecule has 0 fully saturated rings. The summed E-state index contributed by atoms with van der Waals surface area (Å²) in [6.45, 7) is 1.81. The molecule has 1 heterocycles. The Kier molecular flexibility index (Phi) is 3.20. The molecule has 1 aromatic carbocycles. The molecule has 0 aliphatic heterocycles. The number of hydrogen-bond acceptors (Lipinski definition) is 4. The Balaban J connectivity index is 2.66. The first kappa shape index (κ1) is 12.4. The lowest BCUT2D eigenvalue weighted by Gasteiger charge is -2.11. The molecule has 0 amide bonds. The van der Waals surface area contributed by atoms with Crippen molar-refractivity contribution in [1.29, 1.82) is 0 Å². The highest BCUT2D eigenvalue weighted by Crippen LogP contribution is 2.29. The minimum absolute atomic E-state index is 0.0463. The van der Waals surface area contributed by atoms with Gasteiger partial charge < -0.3 is 9.84 Å². The van der Waals surface area contributed by atoms with Crippen LogP contribution < -0.4 is 4.74 Å². The molecule has 2 rings (SSSR count). The lowest BCUT2D eigenvalue weighted by Crippen LogP contribution is -2.09.